The van der Waals surface area contributed by atoms with Gasteiger partial charge in [-0.1, -0.05) is 22.0 Å². The number of H-pyrrole nitrogens is 1. The van der Waals surface area contributed by atoms with Crippen molar-refractivity contribution in [2.75, 3.05) is 24.8 Å². The number of aromatic nitrogens is 1. The van der Waals surface area contributed by atoms with Gasteiger partial charge in [-0.25, -0.2) is 9.59 Å². The van der Waals surface area contributed by atoms with Crippen LogP contribution in [0.25, 0.3) is 11.1 Å². The molecule has 3 rings (SSSR count). The van der Waals surface area contributed by atoms with Crippen molar-refractivity contribution in [2.24, 2.45) is 0 Å². The van der Waals surface area contributed by atoms with Crippen molar-refractivity contribution >= 4 is 45.3 Å². The molecule has 0 aliphatic carbocycles. The number of methoxy groups -OCH3 is 1. The summed E-state index contributed by atoms with van der Waals surface area (Å²) in [6.45, 7) is -0.371. The van der Waals surface area contributed by atoms with Gasteiger partial charge in [0.15, 0.2) is 18.1 Å². The summed E-state index contributed by atoms with van der Waals surface area (Å²) in [4.78, 5) is 49.9. The Morgan fingerprint density at radius 3 is 2.26 bits per heavy atom. The van der Waals surface area contributed by atoms with Crippen LogP contribution in [0.5, 0.6) is 11.5 Å². The summed E-state index contributed by atoms with van der Waals surface area (Å²) >= 11 is 3.30. The molecule has 0 spiro atoms. The normalized spacial score (nSPS) is 10.4. The van der Waals surface area contributed by atoms with Crippen LogP contribution in [-0.4, -0.2) is 46.8 Å². The number of halogens is 1. The van der Waals surface area contributed by atoms with Gasteiger partial charge in [0.25, 0.3) is 11.5 Å². The highest BCUT2D eigenvalue weighted by Crippen LogP contribution is 2.36. The maximum Gasteiger partial charge on any atom is 0.342 e. The first-order valence-electron chi connectivity index (χ1n) is 9.51. The molecule has 0 fully saturated rings. The van der Waals surface area contributed by atoms with Crippen LogP contribution in [0, 0.1) is 0 Å². The largest absolute Gasteiger partial charge is 0.493 e. The Hall–Kier alpha value is -4.32. The monoisotopic (exact) mass is 531 g/mol. The average molecular weight is 532 g/mol. The van der Waals surface area contributed by atoms with Crippen molar-refractivity contribution in [1.29, 1.82) is 0 Å². The first-order chi connectivity index (χ1) is 16.1. The maximum atomic E-state index is 12.2. The van der Waals surface area contributed by atoms with Gasteiger partial charge in [0.2, 0.25) is 0 Å². The quantitative estimate of drug-likeness (QED) is 0.291. The van der Waals surface area contributed by atoms with E-state index in [1.54, 1.807) is 24.3 Å². The molecule has 6 N–H and O–H groups in total. The topological polar surface area (TPSA) is 181 Å². The number of nitrogens with one attached hydrogen (secondary N) is 2. The molecular weight excluding hydrogens is 514 g/mol. The molecule has 1 heterocycles. The molecule has 0 radical (unpaired) electrons. The number of amides is 1. The zero-order chi connectivity index (χ0) is 25.0. The highest BCUT2D eigenvalue weighted by molar-refractivity contribution is 9.10. The predicted molar refractivity (Wildman–Crippen MR) is 126 cm³/mol. The third-order valence-electron chi connectivity index (χ3n) is 4.61. The maximum absolute atomic E-state index is 12.2. The van der Waals surface area contributed by atoms with Crippen molar-refractivity contribution in [2.45, 2.75) is 0 Å². The molecule has 0 aliphatic heterocycles. The predicted octanol–water partition coefficient (Wildman–Crippen LogP) is 2.81. The third-order valence-corrected chi connectivity index (χ3v) is 5.14. The van der Waals surface area contributed by atoms with Crippen molar-refractivity contribution in [3.05, 3.63) is 68.4 Å². The van der Waals surface area contributed by atoms with Crippen LogP contribution in [0.1, 0.15) is 20.7 Å². The summed E-state index contributed by atoms with van der Waals surface area (Å²) in [6, 6.07) is 10.9. The van der Waals surface area contributed by atoms with E-state index in [0.29, 0.717) is 5.69 Å². The van der Waals surface area contributed by atoms with Crippen molar-refractivity contribution in [3.8, 4) is 22.6 Å². The van der Waals surface area contributed by atoms with Gasteiger partial charge in [-0.15, -0.1) is 0 Å². The summed E-state index contributed by atoms with van der Waals surface area (Å²) < 4.78 is 11.6. The van der Waals surface area contributed by atoms with Crippen LogP contribution in [0.3, 0.4) is 0 Å². The molecule has 1 amide bonds. The summed E-state index contributed by atoms with van der Waals surface area (Å²) in [6.07, 6.45) is 0. The van der Waals surface area contributed by atoms with E-state index in [4.69, 9.17) is 15.2 Å². The minimum absolute atomic E-state index is 0.0381. The fourth-order valence-corrected chi connectivity index (χ4v) is 3.42. The minimum Gasteiger partial charge on any atom is -0.493 e. The number of aromatic carboxylic acids is 2. The summed E-state index contributed by atoms with van der Waals surface area (Å²) in [5.74, 6) is -3.92. The Bertz CT molecular complexity index is 1340. The molecule has 11 nitrogen and oxygen atoms in total. The first kappa shape index (κ1) is 24.3. The molecule has 0 atom stereocenters. The number of carboxylic acids is 2. The summed E-state index contributed by atoms with van der Waals surface area (Å²) in [5.41, 5.74) is 3.42. The molecule has 176 valence electrons. The van der Waals surface area contributed by atoms with Gasteiger partial charge in [0.1, 0.15) is 16.9 Å². The van der Waals surface area contributed by atoms with E-state index < -0.39 is 40.3 Å². The molecule has 12 heteroatoms. The van der Waals surface area contributed by atoms with E-state index in [2.05, 4.69) is 21.2 Å². The number of carbonyl (C=O) groups is 3. The Kier molecular flexibility index (Phi) is 7.21. The van der Waals surface area contributed by atoms with E-state index in [1.165, 1.54) is 25.3 Å². The van der Waals surface area contributed by atoms with Gasteiger partial charge in [-0.2, -0.15) is 0 Å². The highest BCUT2D eigenvalue weighted by Gasteiger charge is 2.27. The number of hydrogen-bond donors (Lipinski definition) is 5. The van der Waals surface area contributed by atoms with E-state index in [9.17, 15) is 29.4 Å². The van der Waals surface area contributed by atoms with Crippen LogP contribution in [0.15, 0.2) is 51.7 Å². The van der Waals surface area contributed by atoms with Crippen LogP contribution < -0.4 is 26.1 Å². The van der Waals surface area contributed by atoms with Crippen LogP contribution in [-0.2, 0) is 4.79 Å². The zero-order valence-corrected chi connectivity index (χ0v) is 19.1. The molecule has 0 saturated heterocycles. The van der Waals surface area contributed by atoms with Crippen molar-refractivity contribution in [3.63, 3.8) is 0 Å². The molecule has 0 saturated carbocycles. The van der Waals surface area contributed by atoms with Gasteiger partial charge in [0, 0.05) is 15.7 Å². The Balaban J connectivity index is 1.93. The number of nitrogen functional groups attached to an aromatic ring is 1. The van der Waals surface area contributed by atoms with Crippen LogP contribution in [0.4, 0.5) is 11.5 Å². The van der Waals surface area contributed by atoms with Gasteiger partial charge in [-0.05, 0) is 42.0 Å². The number of carboxylic acid groups (broad SMARTS) is 2. The number of benzene rings is 2. The Labute approximate surface area is 200 Å². The highest BCUT2D eigenvalue weighted by atomic mass is 79.9. The molecule has 0 bridgehead atoms. The lowest BCUT2D eigenvalue weighted by Crippen LogP contribution is -2.24. The Morgan fingerprint density at radius 1 is 1.03 bits per heavy atom. The minimum atomic E-state index is -1.64. The summed E-state index contributed by atoms with van der Waals surface area (Å²) in [5, 5.41) is 21.7. The van der Waals surface area contributed by atoms with Gasteiger partial charge in [0.05, 0.1) is 7.11 Å². The van der Waals surface area contributed by atoms with E-state index in [-0.39, 0.29) is 29.2 Å². The second-order valence-corrected chi connectivity index (χ2v) is 7.73. The second kappa shape index (κ2) is 10.1. The number of aromatic amines is 1. The van der Waals surface area contributed by atoms with Crippen molar-refractivity contribution < 1.29 is 34.1 Å². The van der Waals surface area contributed by atoms with E-state index >= 15 is 0 Å². The fraction of sp³-hybridized carbons (Fsp3) is 0.0909. The molecule has 1 aromatic heterocycles. The average Bonchev–Trinajstić information content (AvgIpc) is 2.78. The number of carbonyl (C=O) groups excluding carboxylic acids is 1. The standard InChI is InChI=1S/C22H18BrN3O8/c1-33-14-8-10(16-17(21(29)30)19(24)26-20(28)18(16)22(31)32)2-7-13(14)34-9-15(27)25-12-5-3-11(23)4-6-12/h2-8H,9H2,1H3,(H,25,27)(H,29,30)(H,31,32)(H3,24,26,28). The molecule has 3 aromatic rings. The fourth-order valence-electron chi connectivity index (χ4n) is 3.15. The van der Waals surface area contributed by atoms with Gasteiger partial charge >= 0.3 is 11.9 Å². The smallest absolute Gasteiger partial charge is 0.342 e. The molecule has 0 unspecified atom stereocenters. The van der Waals surface area contributed by atoms with Gasteiger partial charge in [-0.3, -0.25) is 9.59 Å². The van der Waals surface area contributed by atoms with Crippen LogP contribution in [0.2, 0.25) is 0 Å². The lowest BCUT2D eigenvalue weighted by molar-refractivity contribution is -0.118. The SMILES string of the molecule is COc1cc(-c2c(C(=O)O)c(N)[nH]c(=O)c2C(=O)O)ccc1OCC(=O)Nc1ccc(Br)cc1. The molecule has 34 heavy (non-hydrogen) atoms. The third kappa shape index (κ3) is 5.18. The molecular formula is C22H18BrN3O8. The van der Waals surface area contributed by atoms with E-state index in [1.807, 2.05) is 4.98 Å². The number of pyridine rings is 1. The zero-order valence-electron chi connectivity index (χ0n) is 17.5. The number of hydrogen-bond acceptors (Lipinski definition) is 7. The number of nitrogens with two attached hydrogens (primary N) is 1. The number of ether oxygens (including phenoxy) is 2. The second-order valence-electron chi connectivity index (χ2n) is 6.81. The molecule has 2 aromatic carbocycles. The van der Waals surface area contributed by atoms with E-state index in [0.717, 1.165) is 4.47 Å². The van der Waals surface area contributed by atoms with Gasteiger partial charge < -0.3 is 35.7 Å². The van der Waals surface area contributed by atoms with Crippen LogP contribution >= 0.6 is 15.9 Å². The lowest BCUT2D eigenvalue weighted by Gasteiger charge is -2.15. The van der Waals surface area contributed by atoms with Crippen molar-refractivity contribution in [1.82, 2.24) is 4.98 Å². The number of rotatable bonds is 8. The number of anilines is 2. The first-order valence-corrected chi connectivity index (χ1v) is 10.3. The Morgan fingerprint density at radius 2 is 1.68 bits per heavy atom. The summed E-state index contributed by atoms with van der Waals surface area (Å²) in [7, 11) is 1.30. The lowest BCUT2D eigenvalue weighted by atomic mass is 9.95. The molecule has 0 aliphatic rings.